The summed E-state index contributed by atoms with van der Waals surface area (Å²) in [6.45, 7) is 9.57. The van der Waals surface area contributed by atoms with Gasteiger partial charge < -0.3 is 14.7 Å². The van der Waals surface area contributed by atoms with Gasteiger partial charge in [-0.15, -0.1) is 0 Å². The van der Waals surface area contributed by atoms with E-state index < -0.39 is 6.10 Å². The summed E-state index contributed by atoms with van der Waals surface area (Å²) in [4.78, 5) is 7.81. The predicted molar refractivity (Wildman–Crippen MR) is 69.7 cm³/mol. The normalized spacial score (nSPS) is 27.2. The molecule has 3 unspecified atom stereocenters. The van der Waals surface area contributed by atoms with Gasteiger partial charge in [0.25, 0.3) is 0 Å². The lowest BCUT2D eigenvalue weighted by atomic mass is 10.2. The molecule has 5 heteroatoms. The van der Waals surface area contributed by atoms with Gasteiger partial charge in [0.1, 0.15) is 0 Å². The van der Waals surface area contributed by atoms with Gasteiger partial charge in [0, 0.05) is 6.54 Å². The Labute approximate surface area is 106 Å². The molecule has 1 saturated heterocycles. The van der Waals surface area contributed by atoms with Crippen LogP contribution in [-0.4, -0.2) is 35.4 Å². The number of aliphatic hydroxyl groups is 1. The van der Waals surface area contributed by atoms with Gasteiger partial charge in [0.05, 0.1) is 35.4 Å². The number of ether oxygens (including phenoxy) is 1. The zero-order chi connectivity index (χ0) is 12.6. The van der Waals surface area contributed by atoms with Crippen molar-refractivity contribution in [1.29, 1.82) is 0 Å². The van der Waals surface area contributed by atoms with Gasteiger partial charge in [-0.1, -0.05) is 11.3 Å². The molecule has 0 saturated carbocycles. The Morgan fingerprint density at radius 1 is 1.53 bits per heavy atom. The largest absolute Gasteiger partial charge is 0.388 e. The molecule has 0 amide bonds. The lowest BCUT2D eigenvalue weighted by Crippen LogP contribution is -2.47. The molecule has 0 aliphatic carbocycles. The number of rotatable bonds is 2. The molecule has 1 N–H and O–H groups in total. The van der Waals surface area contributed by atoms with Crippen LogP contribution in [-0.2, 0) is 4.74 Å². The number of aromatic nitrogens is 1. The topological polar surface area (TPSA) is 45.6 Å². The molecule has 0 spiro atoms. The van der Waals surface area contributed by atoms with E-state index in [0.29, 0.717) is 6.04 Å². The highest BCUT2D eigenvalue weighted by Gasteiger charge is 2.26. The van der Waals surface area contributed by atoms with Gasteiger partial charge in [-0.25, -0.2) is 4.98 Å². The SMILES string of the molecule is Cc1nc(N2CC(C)OCC2C)sc1C(C)O. The van der Waals surface area contributed by atoms with Gasteiger partial charge in [0.15, 0.2) is 5.13 Å². The van der Waals surface area contributed by atoms with Crippen LogP contribution < -0.4 is 4.90 Å². The number of morpholine rings is 1. The van der Waals surface area contributed by atoms with E-state index in [4.69, 9.17) is 4.74 Å². The Morgan fingerprint density at radius 3 is 2.82 bits per heavy atom. The summed E-state index contributed by atoms with van der Waals surface area (Å²) in [6, 6.07) is 0.346. The van der Waals surface area contributed by atoms with E-state index in [1.807, 2.05) is 6.92 Å². The highest BCUT2D eigenvalue weighted by atomic mass is 32.1. The predicted octanol–water partition coefficient (Wildman–Crippen LogP) is 2.12. The molecule has 1 aromatic rings. The van der Waals surface area contributed by atoms with Crippen molar-refractivity contribution >= 4 is 16.5 Å². The second-order valence-corrected chi connectivity index (χ2v) is 5.78. The molecule has 2 heterocycles. The average molecular weight is 256 g/mol. The fraction of sp³-hybridized carbons (Fsp3) is 0.750. The maximum atomic E-state index is 9.66. The number of nitrogens with zero attached hydrogens (tertiary/aromatic N) is 2. The van der Waals surface area contributed by atoms with Crippen LogP contribution in [0.2, 0.25) is 0 Å². The first-order chi connectivity index (χ1) is 7.99. The summed E-state index contributed by atoms with van der Waals surface area (Å²) >= 11 is 1.59. The van der Waals surface area contributed by atoms with Crippen LogP contribution in [0.1, 0.15) is 37.4 Å². The number of thiazole rings is 1. The Hall–Kier alpha value is -0.650. The van der Waals surface area contributed by atoms with E-state index >= 15 is 0 Å². The minimum Gasteiger partial charge on any atom is -0.388 e. The fourth-order valence-corrected chi connectivity index (χ4v) is 3.19. The maximum Gasteiger partial charge on any atom is 0.186 e. The number of hydrogen-bond acceptors (Lipinski definition) is 5. The summed E-state index contributed by atoms with van der Waals surface area (Å²) in [5, 5.41) is 10.7. The molecule has 0 aromatic carbocycles. The van der Waals surface area contributed by atoms with Crippen LogP contribution in [0.5, 0.6) is 0 Å². The number of hydrogen-bond donors (Lipinski definition) is 1. The van der Waals surface area contributed by atoms with Crippen molar-refractivity contribution < 1.29 is 9.84 Å². The first kappa shape index (κ1) is 12.8. The van der Waals surface area contributed by atoms with E-state index in [1.54, 1.807) is 18.3 Å². The second kappa shape index (κ2) is 4.92. The van der Waals surface area contributed by atoms with E-state index in [9.17, 15) is 5.11 Å². The fourth-order valence-electron chi connectivity index (χ4n) is 2.07. The second-order valence-electron chi connectivity index (χ2n) is 4.77. The van der Waals surface area contributed by atoms with Gasteiger partial charge in [0.2, 0.25) is 0 Å². The van der Waals surface area contributed by atoms with Gasteiger partial charge >= 0.3 is 0 Å². The van der Waals surface area contributed by atoms with Crippen molar-refractivity contribution in [1.82, 2.24) is 4.98 Å². The maximum absolute atomic E-state index is 9.66. The quantitative estimate of drug-likeness (QED) is 0.880. The Bertz CT molecular complexity index is 392. The molecule has 17 heavy (non-hydrogen) atoms. The van der Waals surface area contributed by atoms with Crippen LogP contribution in [0.25, 0.3) is 0 Å². The van der Waals surface area contributed by atoms with Crippen LogP contribution in [0.15, 0.2) is 0 Å². The zero-order valence-corrected chi connectivity index (χ0v) is 11.6. The van der Waals surface area contributed by atoms with E-state index in [2.05, 4.69) is 23.7 Å². The first-order valence-electron chi connectivity index (χ1n) is 6.02. The van der Waals surface area contributed by atoms with Crippen molar-refractivity contribution in [3.63, 3.8) is 0 Å². The van der Waals surface area contributed by atoms with Crippen molar-refractivity contribution in [3.8, 4) is 0 Å². The third kappa shape index (κ3) is 2.61. The molecule has 2 rings (SSSR count). The first-order valence-corrected chi connectivity index (χ1v) is 6.84. The number of anilines is 1. The highest BCUT2D eigenvalue weighted by molar-refractivity contribution is 7.15. The standard InChI is InChI=1S/C12H20N2O2S/c1-7-6-16-8(2)5-14(7)12-13-9(3)11(17-12)10(4)15/h7-8,10,15H,5-6H2,1-4H3. The molecule has 1 fully saturated rings. The summed E-state index contributed by atoms with van der Waals surface area (Å²) in [5.74, 6) is 0. The van der Waals surface area contributed by atoms with Gasteiger partial charge in [-0.2, -0.15) is 0 Å². The van der Waals surface area contributed by atoms with Crippen LogP contribution in [0.3, 0.4) is 0 Å². The van der Waals surface area contributed by atoms with E-state index in [0.717, 1.165) is 28.9 Å². The summed E-state index contributed by atoms with van der Waals surface area (Å²) in [5.41, 5.74) is 0.936. The molecule has 0 bridgehead atoms. The average Bonchev–Trinajstić information content (AvgIpc) is 2.64. The summed E-state index contributed by atoms with van der Waals surface area (Å²) < 4.78 is 5.61. The molecule has 4 nitrogen and oxygen atoms in total. The van der Waals surface area contributed by atoms with Crippen LogP contribution >= 0.6 is 11.3 Å². The van der Waals surface area contributed by atoms with Crippen molar-refractivity contribution in [2.75, 3.05) is 18.1 Å². The third-order valence-corrected chi connectivity index (χ3v) is 4.42. The molecule has 1 aliphatic rings. The van der Waals surface area contributed by atoms with Crippen molar-refractivity contribution in [2.24, 2.45) is 0 Å². The molecule has 96 valence electrons. The molecule has 1 aromatic heterocycles. The van der Waals surface area contributed by atoms with Gasteiger partial charge in [-0.3, -0.25) is 0 Å². The van der Waals surface area contributed by atoms with E-state index in [-0.39, 0.29) is 6.10 Å². The third-order valence-electron chi connectivity index (χ3n) is 3.05. The van der Waals surface area contributed by atoms with Crippen LogP contribution in [0, 0.1) is 6.92 Å². The monoisotopic (exact) mass is 256 g/mol. The molecule has 0 radical (unpaired) electrons. The molecular weight excluding hydrogens is 236 g/mol. The lowest BCUT2D eigenvalue weighted by molar-refractivity contribution is 0.0343. The lowest BCUT2D eigenvalue weighted by Gasteiger charge is -2.36. The summed E-state index contributed by atoms with van der Waals surface area (Å²) in [7, 11) is 0. The van der Waals surface area contributed by atoms with Crippen molar-refractivity contribution in [3.05, 3.63) is 10.6 Å². The smallest absolute Gasteiger partial charge is 0.186 e. The van der Waals surface area contributed by atoms with Gasteiger partial charge in [-0.05, 0) is 27.7 Å². The Morgan fingerprint density at radius 2 is 2.24 bits per heavy atom. The minimum absolute atomic E-state index is 0.241. The highest BCUT2D eigenvalue weighted by Crippen LogP contribution is 2.32. The Balaban J connectivity index is 2.23. The van der Waals surface area contributed by atoms with Crippen molar-refractivity contribution in [2.45, 2.75) is 45.9 Å². The zero-order valence-electron chi connectivity index (χ0n) is 10.8. The minimum atomic E-state index is -0.435. The van der Waals surface area contributed by atoms with Crippen LogP contribution in [0.4, 0.5) is 5.13 Å². The van der Waals surface area contributed by atoms with E-state index in [1.165, 1.54) is 0 Å². The number of aliphatic hydroxyl groups excluding tert-OH is 1. The Kier molecular flexibility index (Phi) is 3.70. The molecule has 1 aliphatic heterocycles. The molecular formula is C12H20N2O2S. The number of aryl methyl sites for hydroxylation is 1. The molecule has 3 atom stereocenters. The summed E-state index contributed by atoms with van der Waals surface area (Å²) in [6.07, 6.45) is -0.194.